The van der Waals surface area contributed by atoms with Gasteiger partial charge in [-0.1, -0.05) is 44.2 Å². The predicted octanol–water partition coefficient (Wildman–Crippen LogP) is 3.24. The molecule has 4 rings (SSSR count). The fraction of sp³-hybridized carbons (Fsp3) is 0.200. The van der Waals surface area contributed by atoms with Crippen molar-refractivity contribution in [2.45, 2.75) is 19.8 Å². The van der Waals surface area contributed by atoms with Crippen molar-refractivity contribution in [1.29, 1.82) is 0 Å². The van der Waals surface area contributed by atoms with E-state index >= 15 is 0 Å². The molecule has 0 atom stereocenters. The minimum Gasteiger partial charge on any atom is -0.870 e. The zero-order chi connectivity index (χ0) is 16.8. The number of fused-ring (bicyclic) bond motifs is 3. The number of rotatable bonds is 2. The number of H-pyrrole nitrogens is 1. The van der Waals surface area contributed by atoms with Gasteiger partial charge in [0.25, 0.3) is 5.52 Å². The van der Waals surface area contributed by atoms with E-state index in [0.717, 1.165) is 22.0 Å². The van der Waals surface area contributed by atoms with Crippen molar-refractivity contribution in [1.82, 2.24) is 9.78 Å². The lowest BCUT2D eigenvalue weighted by Gasteiger charge is -2.06. The minimum absolute atomic E-state index is 0. The Balaban J connectivity index is 0.00000182. The molecule has 2 aromatic heterocycles. The lowest BCUT2D eigenvalue weighted by molar-refractivity contribution is -0.644. The summed E-state index contributed by atoms with van der Waals surface area (Å²) in [6.45, 7) is 4.33. The van der Waals surface area contributed by atoms with Gasteiger partial charge in [0.1, 0.15) is 12.6 Å². The summed E-state index contributed by atoms with van der Waals surface area (Å²) in [5.74, 6) is 0.472. The van der Waals surface area contributed by atoms with E-state index < -0.39 is 0 Å². The maximum absolute atomic E-state index is 12.9. The van der Waals surface area contributed by atoms with Crippen molar-refractivity contribution < 1.29 is 10.0 Å². The molecule has 2 heterocycles. The van der Waals surface area contributed by atoms with Gasteiger partial charge in [0.15, 0.2) is 6.20 Å². The second kappa shape index (κ2) is 6.18. The van der Waals surface area contributed by atoms with Gasteiger partial charge in [-0.05, 0) is 29.7 Å². The third-order valence-electron chi connectivity index (χ3n) is 4.60. The fourth-order valence-corrected chi connectivity index (χ4v) is 3.24. The number of aromatic nitrogens is 3. The average Bonchev–Trinajstić information content (AvgIpc) is 2.93. The Labute approximate surface area is 145 Å². The molecule has 0 aliphatic rings. The molecule has 5 nitrogen and oxygen atoms in total. The SMILES string of the molecule is CC(C)c1ccc(-n2[nH]c3c4ccccc4c[n+](C)c3c2=O)cc1.[OH-]. The molecule has 2 N–H and O–H groups in total. The first-order valence-corrected chi connectivity index (χ1v) is 8.18. The van der Waals surface area contributed by atoms with E-state index in [2.05, 4.69) is 37.1 Å². The molecule has 128 valence electrons. The number of aryl methyl sites for hydroxylation is 1. The van der Waals surface area contributed by atoms with E-state index in [1.165, 1.54) is 5.56 Å². The highest BCUT2D eigenvalue weighted by Gasteiger charge is 2.19. The lowest BCUT2D eigenvalue weighted by Crippen LogP contribution is -2.33. The predicted molar refractivity (Wildman–Crippen MR) is 98.6 cm³/mol. The van der Waals surface area contributed by atoms with E-state index in [9.17, 15) is 4.79 Å². The van der Waals surface area contributed by atoms with Gasteiger partial charge in [0, 0.05) is 10.8 Å². The Morgan fingerprint density at radius 2 is 1.72 bits per heavy atom. The molecule has 4 aromatic rings. The number of hydrogen-bond acceptors (Lipinski definition) is 2. The third kappa shape index (κ3) is 2.62. The number of hydrogen-bond donors (Lipinski definition) is 1. The first-order valence-electron chi connectivity index (χ1n) is 8.18. The zero-order valence-corrected chi connectivity index (χ0v) is 14.5. The quantitative estimate of drug-likeness (QED) is 0.571. The molecule has 25 heavy (non-hydrogen) atoms. The van der Waals surface area contributed by atoms with Gasteiger partial charge in [-0.25, -0.2) is 4.68 Å². The van der Waals surface area contributed by atoms with Crippen LogP contribution in [0.25, 0.3) is 27.5 Å². The molecule has 0 unspecified atom stereocenters. The van der Waals surface area contributed by atoms with Crippen molar-refractivity contribution in [3.8, 4) is 5.69 Å². The van der Waals surface area contributed by atoms with Crippen LogP contribution in [0, 0.1) is 0 Å². The van der Waals surface area contributed by atoms with Crippen LogP contribution in [0.2, 0.25) is 0 Å². The highest BCUT2D eigenvalue weighted by Crippen LogP contribution is 2.20. The van der Waals surface area contributed by atoms with Crippen LogP contribution in [0.4, 0.5) is 0 Å². The maximum atomic E-state index is 12.9. The van der Waals surface area contributed by atoms with Gasteiger partial charge in [-0.3, -0.25) is 9.89 Å². The smallest absolute Gasteiger partial charge is 0.344 e. The lowest BCUT2D eigenvalue weighted by atomic mass is 10.0. The molecular weight excluding hydrogens is 314 g/mol. The van der Waals surface area contributed by atoms with Crippen LogP contribution in [0.5, 0.6) is 0 Å². The standard InChI is InChI=1S/C20H19N3O.H2O/c1-13(2)14-8-10-16(11-9-14)23-20(24)19-18(21-23)17-7-5-4-6-15(17)12-22(19)3;/h4-13H,1-3H3;1H2. The molecule has 0 saturated heterocycles. The molecule has 0 radical (unpaired) electrons. The van der Waals surface area contributed by atoms with E-state index in [4.69, 9.17) is 0 Å². The van der Waals surface area contributed by atoms with Gasteiger partial charge in [-0.2, -0.15) is 4.57 Å². The van der Waals surface area contributed by atoms with Crippen LogP contribution >= 0.6 is 0 Å². The molecule has 0 saturated carbocycles. The first kappa shape index (κ1) is 16.9. The van der Waals surface area contributed by atoms with E-state index in [-0.39, 0.29) is 11.0 Å². The van der Waals surface area contributed by atoms with E-state index in [1.807, 2.05) is 48.1 Å². The Bertz CT molecular complexity index is 1110. The minimum atomic E-state index is -0.0319. The molecule has 2 aromatic carbocycles. The normalized spacial score (nSPS) is 11.2. The van der Waals surface area contributed by atoms with Gasteiger partial charge in [0.2, 0.25) is 0 Å². The molecule has 0 spiro atoms. The third-order valence-corrected chi connectivity index (χ3v) is 4.60. The van der Waals surface area contributed by atoms with Crippen molar-refractivity contribution >= 4 is 21.8 Å². The molecule has 5 heteroatoms. The van der Waals surface area contributed by atoms with Gasteiger partial charge in [-0.15, -0.1) is 0 Å². The van der Waals surface area contributed by atoms with E-state index in [1.54, 1.807) is 4.68 Å². The van der Waals surface area contributed by atoms with Crippen LogP contribution in [0.1, 0.15) is 25.3 Å². The summed E-state index contributed by atoms with van der Waals surface area (Å²) in [5, 5.41) is 5.46. The zero-order valence-electron chi connectivity index (χ0n) is 14.5. The molecule has 0 fully saturated rings. The number of pyridine rings is 1. The average molecular weight is 335 g/mol. The monoisotopic (exact) mass is 335 g/mol. The maximum Gasteiger partial charge on any atom is 0.344 e. The Hall–Kier alpha value is -2.92. The molecular formula is C20H21N3O2. The number of nitrogens with one attached hydrogen (secondary N) is 1. The summed E-state index contributed by atoms with van der Waals surface area (Å²) >= 11 is 0. The highest BCUT2D eigenvalue weighted by molar-refractivity contribution is 6.01. The van der Waals surface area contributed by atoms with Crippen molar-refractivity contribution in [2.24, 2.45) is 7.05 Å². The number of nitrogens with zero attached hydrogens (tertiary/aromatic N) is 2. The second-order valence-corrected chi connectivity index (χ2v) is 6.55. The van der Waals surface area contributed by atoms with Crippen molar-refractivity contribution in [3.05, 3.63) is 70.6 Å². The molecule has 0 aliphatic carbocycles. The van der Waals surface area contributed by atoms with Crippen LogP contribution < -0.4 is 10.1 Å². The largest absolute Gasteiger partial charge is 0.870 e. The summed E-state index contributed by atoms with van der Waals surface area (Å²) in [4.78, 5) is 12.9. The topological polar surface area (TPSA) is 71.7 Å². The Morgan fingerprint density at radius 1 is 1.04 bits per heavy atom. The van der Waals surface area contributed by atoms with Crippen LogP contribution in [-0.2, 0) is 7.05 Å². The van der Waals surface area contributed by atoms with Gasteiger partial charge in [0.05, 0.1) is 5.69 Å². The number of benzene rings is 2. The summed E-state index contributed by atoms with van der Waals surface area (Å²) < 4.78 is 3.52. The van der Waals surface area contributed by atoms with Crippen LogP contribution in [0.3, 0.4) is 0 Å². The van der Waals surface area contributed by atoms with Crippen molar-refractivity contribution in [2.75, 3.05) is 0 Å². The summed E-state index contributed by atoms with van der Waals surface area (Å²) in [7, 11) is 1.91. The second-order valence-electron chi connectivity index (χ2n) is 6.55. The van der Waals surface area contributed by atoms with Crippen LogP contribution in [0.15, 0.2) is 59.5 Å². The summed E-state index contributed by atoms with van der Waals surface area (Å²) in [6.07, 6.45) is 2.00. The summed E-state index contributed by atoms with van der Waals surface area (Å²) in [5.41, 5.74) is 3.63. The molecule has 0 aliphatic heterocycles. The molecule has 0 bridgehead atoms. The highest BCUT2D eigenvalue weighted by atomic mass is 16.1. The summed E-state index contributed by atoms with van der Waals surface area (Å²) in [6, 6.07) is 16.2. The van der Waals surface area contributed by atoms with E-state index in [0.29, 0.717) is 11.4 Å². The fourth-order valence-electron chi connectivity index (χ4n) is 3.24. The van der Waals surface area contributed by atoms with Gasteiger partial charge < -0.3 is 5.48 Å². The van der Waals surface area contributed by atoms with Crippen LogP contribution in [-0.4, -0.2) is 15.3 Å². The number of aromatic amines is 1. The Morgan fingerprint density at radius 3 is 2.40 bits per heavy atom. The van der Waals surface area contributed by atoms with Crippen molar-refractivity contribution in [3.63, 3.8) is 0 Å². The molecule has 0 amide bonds. The van der Waals surface area contributed by atoms with Gasteiger partial charge >= 0.3 is 5.56 Å². The first-order chi connectivity index (χ1) is 11.6. The Kier molecular flexibility index (Phi) is 4.18.